The summed E-state index contributed by atoms with van der Waals surface area (Å²) < 4.78 is 0. The third-order valence-electron chi connectivity index (χ3n) is 4.14. The monoisotopic (exact) mass is 296 g/mol. The molecular formula is C18H24N4. The summed E-state index contributed by atoms with van der Waals surface area (Å²) in [6, 6.07) is 8.08. The van der Waals surface area contributed by atoms with Crippen molar-refractivity contribution in [2.45, 2.75) is 39.5 Å². The highest BCUT2D eigenvalue weighted by atomic mass is 15.4. The molecule has 0 atom stereocenters. The average Bonchev–Trinajstić information content (AvgIpc) is 2.79. The zero-order chi connectivity index (χ0) is 15.5. The van der Waals surface area contributed by atoms with Crippen LogP contribution in [-0.2, 0) is 0 Å². The molecule has 1 aliphatic rings. The first-order chi connectivity index (χ1) is 10.8. The Bertz CT molecular complexity index is 623. The van der Waals surface area contributed by atoms with E-state index in [0.717, 1.165) is 67.3 Å². The Labute approximate surface area is 132 Å². The van der Waals surface area contributed by atoms with Crippen molar-refractivity contribution in [2.75, 3.05) is 22.9 Å². The van der Waals surface area contributed by atoms with E-state index in [2.05, 4.69) is 30.2 Å². The molecule has 1 aliphatic heterocycles. The van der Waals surface area contributed by atoms with Crippen LogP contribution < -0.4 is 9.80 Å². The van der Waals surface area contributed by atoms with Crippen molar-refractivity contribution >= 4 is 22.7 Å². The molecular weight excluding hydrogens is 272 g/mol. The van der Waals surface area contributed by atoms with Gasteiger partial charge in [0.15, 0.2) is 11.6 Å². The Balaban J connectivity index is 2.04. The van der Waals surface area contributed by atoms with Crippen LogP contribution in [0, 0.1) is 0 Å². The third kappa shape index (κ3) is 2.54. The fraction of sp³-hybridized carbons (Fsp3) is 0.444. The highest BCUT2D eigenvalue weighted by Gasteiger charge is 2.32. The fourth-order valence-corrected chi connectivity index (χ4v) is 2.84. The first-order valence-corrected chi connectivity index (χ1v) is 8.27. The largest absolute Gasteiger partial charge is 0.310 e. The molecule has 4 heteroatoms. The average molecular weight is 296 g/mol. The lowest BCUT2D eigenvalue weighted by atomic mass is 10.3. The third-order valence-corrected chi connectivity index (χ3v) is 4.14. The van der Waals surface area contributed by atoms with Crippen molar-refractivity contribution in [3.8, 4) is 0 Å². The molecule has 2 heterocycles. The molecule has 0 saturated carbocycles. The standard InChI is InChI=1S/C18H24N4/c1-4-6-12-21-14(3)22(13-7-5-2)18-17(21)19-15-10-8-9-11-16(15)20-18/h8-11H,3-7,12-13H2,1-2H3. The van der Waals surface area contributed by atoms with Gasteiger partial charge in [0.05, 0.1) is 11.0 Å². The second kappa shape index (κ2) is 6.34. The maximum absolute atomic E-state index is 4.86. The summed E-state index contributed by atoms with van der Waals surface area (Å²) in [5.41, 5.74) is 1.90. The summed E-state index contributed by atoms with van der Waals surface area (Å²) >= 11 is 0. The predicted molar refractivity (Wildman–Crippen MR) is 93.2 cm³/mol. The quantitative estimate of drug-likeness (QED) is 0.794. The summed E-state index contributed by atoms with van der Waals surface area (Å²) in [4.78, 5) is 14.2. The first kappa shape index (κ1) is 14.8. The van der Waals surface area contributed by atoms with Crippen LogP contribution in [0.4, 0.5) is 11.6 Å². The normalized spacial score (nSPS) is 14.0. The number of hydrogen-bond donors (Lipinski definition) is 0. The van der Waals surface area contributed by atoms with E-state index in [0.29, 0.717) is 0 Å². The molecule has 0 radical (unpaired) electrons. The van der Waals surface area contributed by atoms with Gasteiger partial charge in [-0.2, -0.15) is 0 Å². The van der Waals surface area contributed by atoms with E-state index in [4.69, 9.17) is 9.97 Å². The van der Waals surface area contributed by atoms with Gasteiger partial charge in [-0.25, -0.2) is 9.97 Å². The second-order valence-electron chi connectivity index (χ2n) is 5.79. The Morgan fingerprint density at radius 3 is 1.73 bits per heavy atom. The van der Waals surface area contributed by atoms with E-state index in [9.17, 15) is 0 Å². The van der Waals surface area contributed by atoms with Crippen molar-refractivity contribution in [3.63, 3.8) is 0 Å². The number of aromatic nitrogens is 2. The van der Waals surface area contributed by atoms with Crippen molar-refractivity contribution in [1.82, 2.24) is 9.97 Å². The molecule has 2 aromatic rings. The molecule has 0 fully saturated rings. The van der Waals surface area contributed by atoms with E-state index in [1.54, 1.807) is 0 Å². The van der Waals surface area contributed by atoms with Crippen LogP contribution in [0.3, 0.4) is 0 Å². The molecule has 22 heavy (non-hydrogen) atoms. The topological polar surface area (TPSA) is 32.3 Å². The first-order valence-electron chi connectivity index (χ1n) is 8.27. The molecule has 0 bridgehead atoms. The van der Waals surface area contributed by atoms with Crippen LogP contribution in [0.25, 0.3) is 11.0 Å². The lowest BCUT2D eigenvalue weighted by molar-refractivity contribution is 0.733. The van der Waals surface area contributed by atoms with Crippen LogP contribution in [-0.4, -0.2) is 23.1 Å². The number of unbranched alkanes of at least 4 members (excludes halogenated alkanes) is 2. The van der Waals surface area contributed by atoms with Crippen LogP contribution >= 0.6 is 0 Å². The van der Waals surface area contributed by atoms with E-state index < -0.39 is 0 Å². The summed E-state index contributed by atoms with van der Waals surface area (Å²) in [5.74, 6) is 2.95. The summed E-state index contributed by atoms with van der Waals surface area (Å²) in [6.07, 6.45) is 4.59. The minimum Gasteiger partial charge on any atom is -0.310 e. The lowest BCUT2D eigenvalue weighted by Crippen LogP contribution is -2.29. The zero-order valence-electron chi connectivity index (χ0n) is 13.5. The molecule has 3 rings (SSSR count). The summed E-state index contributed by atoms with van der Waals surface area (Å²) in [5, 5.41) is 0. The van der Waals surface area contributed by atoms with Gasteiger partial charge in [-0.05, 0) is 25.0 Å². The van der Waals surface area contributed by atoms with Crippen molar-refractivity contribution in [3.05, 3.63) is 36.7 Å². The lowest BCUT2D eigenvalue weighted by Gasteiger charge is -2.22. The zero-order valence-corrected chi connectivity index (χ0v) is 13.5. The van der Waals surface area contributed by atoms with Gasteiger partial charge >= 0.3 is 0 Å². The Kier molecular flexibility index (Phi) is 4.27. The highest BCUT2D eigenvalue weighted by Crippen LogP contribution is 2.39. The number of rotatable bonds is 6. The molecule has 0 amide bonds. The smallest absolute Gasteiger partial charge is 0.178 e. The van der Waals surface area contributed by atoms with Crippen LogP contribution in [0.2, 0.25) is 0 Å². The van der Waals surface area contributed by atoms with Gasteiger partial charge in [-0.1, -0.05) is 45.4 Å². The van der Waals surface area contributed by atoms with Gasteiger partial charge in [0, 0.05) is 13.1 Å². The van der Waals surface area contributed by atoms with E-state index >= 15 is 0 Å². The maximum Gasteiger partial charge on any atom is 0.178 e. The molecule has 0 spiro atoms. The highest BCUT2D eigenvalue weighted by molar-refractivity contribution is 5.85. The van der Waals surface area contributed by atoms with Crippen molar-refractivity contribution in [1.29, 1.82) is 0 Å². The van der Waals surface area contributed by atoms with Gasteiger partial charge in [-0.15, -0.1) is 0 Å². The Hall–Kier alpha value is -2.10. The van der Waals surface area contributed by atoms with E-state index in [1.807, 2.05) is 24.3 Å². The molecule has 0 saturated heterocycles. The van der Waals surface area contributed by atoms with Gasteiger partial charge < -0.3 is 9.80 Å². The van der Waals surface area contributed by atoms with E-state index in [1.165, 1.54) is 0 Å². The Morgan fingerprint density at radius 2 is 1.32 bits per heavy atom. The van der Waals surface area contributed by atoms with Crippen LogP contribution in [0.15, 0.2) is 36.7 Å². The minimum absolute atomic E-state index is 0.952. The fourth-order valence-electron chi connectivity index (χ4n) is 2.84. The summed E-state index contributed by atoms with van der Waals surface area (Å²) in [6.45, 7) is 10.6. The number of nitrogens with zero attached hydrogens (tertiary/aromatic N) is 4. The molecule has 1 aromatic heterocycles. The second-order valence-corrected chi connectivity index (χ2v) is 5.79. The molecule has 1 aromatic carbocycles. The van der Waals surface area contributed by atoms with E-state index in [-0.39, 0.29) is 0 Å². The molecule has 0 N–H and O–H groups in total. The predicted octanol–water partition coefficient (Wildman–Crippen LogP) is 4.33. The van der Waals surface area contributed by atoms with Crippen LogP contribution in [0.5, 0.6) is 0 Å². The van der Waals surface area contributed by atoms with Crippen molar-refractivity contribution < 1.29 is 0 Å². The maximum atomic E-state index is 4.86. The SMILES string of the molecule is C=C1N(CCCC)c2nc3ccccc3nc2N1CCCC. The van der Waals surface area contributed by atoms with Gasteiger partial charge in [0.1, 0.15) is 5.82 Å². The summed E-state index contributed by atoms with van der Waals surface area (Å²) in [7, 11) is 0. The number of anilines is 2. The van der Waals surface area contributed by atoms with Gasteiger partial charge in [0.25, 0.3) is 0 Å². The number of fused-ring (bicyclic) bond motifs is 2. The number of benzene rings is 1. The van der Waals surface area contributed by atoms with Crippen LogP contribution in [0.1, 0.15) is 39.5 Å². The number of para-hydroxylation sites is 2. The van der Waals surface area contributed by atoms with Gasteiger partial charge in [-0.3, -0.25) is 0 Å². The number of hydrogen-bond acceptors (Lipinski definition) is 4. The molecule has 4 nitrogen and oxygen atoms in total. The minimum atomic E-state index is 0.952. The molecule has 0 unspecified atom stereocenters. The molecule has 0 aliphatic carbocycles. The van der Waals surface area contributed by atoms with Crippen molar-refractivity contribution in [2.24, 2.45) is 0 Å². The Morgan fingerprint density at radius 1 is 0.864 bits per heavy atom. The van der Waals surface area contributed by atoms with Gasteiger partial charge in [0.2, 0.25) is 0 Å². The molecule has 116 valence electrons.